The van der Waals surface area contributed by atoms with Crippen LogP contribution in [0.2, 0.25) is 5.15 Å². The molecule has 0 fully saturated rings. The van der Waals surface area contributed by atoms with Gasteiger partial charge in [0.05, 0.1) is 11.5 Å². The van der Waals surface area contributed by atoms with Gasteiger partial charge in [0.1, 0.15) is 16.8 Å². The first-order chi connectivity index (χ1) is 14.5. The Morgan fingerprint density at radius 1 is 1.13 bits per heavy atom. The number of halogens is 2. The number of aliphatic hydroxyl groups excluding tert-OH is 1. The number of carbonyl (C=O) groups is 1. The van der Waals surface area contributed by atoms with Crippen molar-refractivity contribution in [1.82, 2.24) is 9.97 Å². The number of rotatable bonds is 7. The predicted octanol–water partition coefficient (Wildman–Crippen LogP) is 4.71. The van der Waals surface area contributed by atoms with Crippen LogP contribution in [0.3, 0.4) is 0 Å². The van der Waals surface area contributed by atoms with Crippen molar-refractivity contribution in [3.05, 3.63) is 59.5 Å². The van der Waals surface area contributed by atoms with Crippen molar-refractivity contribution >= 4 is 46.6 Å². The maximum absolute atomic E-state index is 13.2. The molecule has 4 N–H and O–H groups in total. The molecule has 3 rings (SSSR count). The van der Waals surface area contributed by atoms with E-state index < -0.39 is 11.8 Å². The van der Waals surface area contributed by atoms with Gasteiger partial charge in [-0.3, -0.25) is 0 Å². The fourth-order valence-corrected chi connectivity index (χ4v) is 3.52. The summed E-state index contributed by atoms with van der Waals surface area (Å²) in [7, 11) is 0. The Kier molecular flexibility index (Phi) is 7.45. The molecule has 0 unspecified atom stereocenters. The molecule has 0 aliphatic carbocycles. The zero-order valence-corrected chi connectivity index (χ0v) is 17.5. The summed E-state index contributed by atoms with van der Waals surface area (Å²) in [5.74, 6) is 0.522. The molecule has 0 aliphatic heterocycles. The fourth-order valence-electron chi connectivity index (χ4n) is 2.59. The molecular formula is C20H19ClFN5O2S. The summed E-state index contributed by atoms with van der Waals surface area (Å²) in [6.45, 7) is 0.298. The first-order valence-corrected chi connectivity index (χ1v) is 10.5. The number of carbonyl (C=O) groups excluding carboxylic acids is 1. The molecule has 0 bridgehead atoms. The van der Waals surface area contributed by atoms with E-state index in [-0.39, 0.29) is 6.61 Å². The van der Waals surface area contributed by atoms with E-state index in [2.05, 4.69) is 25.9 Å². The summed E-state index contributed by atoms with van der Waals surface area (Å²) in [6, 6.07) is 12.0. The smallest absolute Gasteiger partial charge is 0.323 e. The van der Waals surface area contributed by atoms with Crippen LogP contribution in [0.1, 0.15) is 0 Å². The maximum Gasteiger partial charge on any atom is 0.323 e. The topological polar surface area (TPSA) is 99.2 Å². The number of anilines is 3. The second-order valence-corrected chi connectivity index (χ2v) is 7.21. The van der Waals surface area contributed by atoms with Crippen LogP contribution in [0.4, 0.5) is 26.4 Å². The van der Waals surface area contributed by atoms with Crippen molar-refractivity contribution in [3.63, 3.8) is 0 Å². The van der Waals surface area contributed by atoms with Gasteiger partial charge in [0.15, 0.2) is 5.82 Å². The third-order valence-corrected chi connectivity index (χ3v) is 5.10. The Labute approximate surface area is 182 Å². The molecule has 0 aliphatic rings. The molecular weight excluding hydrogens is 429 g/mol. The van der Waals surface area contributed by atoms with Crippen molar-refractivity contribution in [2.75, 3.05) is 35.4 Å². The Hall–Kier alpha value is -2.88. The van der Waals surface area contributed by atoms with Gasteiger partial charge >= 0.3 is 6.03 Å². The first-order valence-electron chi connectivity index (χ1n) is 8.90. The van der Waals surface area contributed by atoms with Crippen LogP contribution < -0.4 is 16.0 Å². The molecule has 0 radical (unpaired) electrons. The minimum absolute atomic E-state index is 0.0389. The number of aromatic nitrogens is 2. The highest BCUT2D eigenvalue weighted by Crippen LogP contribution is 2.32. The van der Waals surface area contributed by atoms with Gasteiger partial charge in [-0.2, -0.15) is 0 Å². The third kappa shape index (κ3) is 5.59. The molecule has 10 heteroatoms. The van der Waals surface area contributed by atoms with E-state index in [9.17, 15) is 9.18 Å². The van der Waals surface area contributed by atoms with E-state index in [1.807, 2.05) is 6.26 Å². The van der Waals surface area contributed by atoms with Crippen LogP contribution in [0.5, 0.6) is 0 Å². The quantitative estimate of drug-likeness (QED) is 0.309. The predicted molar refractivity (Wildman–Crippen MR) is 119 cm³/mol. The summed E-state index contributed by atoms with van der Waals surface area (Å²) >= 11 is 7.69. The average molecular weight is 448 g/mol. The number of hydrogen-bond donors (Lipinski definition) is 4. The Balaban J connectivity index is 1.73. The number of urea groups is 1. The standard InChI is InChI=1S/C20H19ClFN5O2S/c1-30-16-17(21)26-18(27-19(16)23-9-10-28)12-5-7-14(8-6-12)24-20(29)25-15-4-2-3-13(22)11-15/h2-8,11,28H,9-10H2,1H3,(H,23,26,27)(H2,24,25,29). The van der Waals surface area contributed by atoms with E-state index in [4.69, 9.17) is 16.7 Å². The summed E-state index contributed by atoms with van der Waals surface area (Å²) < 4.78 is 13.2. The van der Waals surface area contributed by atoms with Gasteiger partial charge in [0, 0.05) is 23.5 Å². The van der Waals surface area contributed by atoms with E-state index in [1.165, 1.54) is 30.0 Å². The lowest BCUT2D eigenvalue weighted by Gasteiger charge is -2.12. The highest BCUT2D eigenvalue weighted by Gasteiger charge is 2.14. The van der Waals surface area contributed by atoms with Gasteiger partial charge in [-0.05, 0) is 48.7 Å². The van der Waals surface area contributed by atoms with Gasteiger partial charge in [-0.15, -0.1) is 11.8 Å². The number of hydrogen-bond acceptors (Lipinski definition) is 6. The molecule has 0 atom stereocenters. The van der Waals surface area contributed by atoms with Crippen LogP contribution in [0.15, 0.2) is 53.4 Å². The lowest BCUT2D eigenvalue weighted by molar-refractivity contribution is 0.262. The Morgan fingerprint density at radius 2 is 1.87 bits per heavy atom. The summed E-state index contributed by atoms with van der Waals surface area (Å²) in [5.41, 5.74) is 1.59. The monoisotopic (exact) mass is 447 g/mol. The van der Waals surface area contributed by atoms with Crippen LogP contribution in [-0.4, -0.2) is 40.5 Å². The van der Waals surface area contributed by atoms with Gasteiger partial charge in [-0.1, -0.05) is 17.7 Å². The van der Waals surface area contributed by atoms with E-state index >= 15 is 0 Å². The molecule has 156 valence electrons. The Bertz CT molecular complexity index is 1040. The second kappa shape index (κ2) is 10.2. The minimum atomic E-state index is -0.493. The summed E-state index contributed by atoms with van der Waals surface area (Å²) in [6.07, 6.45) is 1.86. The lowest BCUT2D eigenvalue weighted by Crippen LogP contribution is -2.19. The van der Waals surface area contributed by atoms with Crippen LogP contribution in [0, 0.1) is 5.82 Å². The fraction of sp³-hybridized carbons (Fsp3) is 0.150. The highest BCUT2D eigenvalue weighted by atomic mass is 35.5. The number of thioether (sulfide) groups is 1. The SMILES string of the molecule is CSc1c(Cl)nc(-c2ccc(NC(=O)Nc3cccc(F)c3)cc2)nc1NCCO. The molecule has 1 heterocycles. The van der Waals surface area contributed by atoms with Crippen molar-refractivity contribution in [2.24, 2.45) is 0 Å². The summed E-state index contributed by atoms with van der Waals surface area (Å²) in [5, 5.41) is 17.6. The molecule has 0 saturated carbocycles. The number of amides is 2. The van der Waals surface area contributed by atoms with E-state index in [1.54, 1.807) is 30.3 Å². The number of aliphatic hydroxyl groups is 1. The molecule has 0 spiro atoms. The van der Waals surface area contributed by atoms with Crippen LogP contribution in [-0.2, 0) is 0 Å². The van der Waals surface area contributed by atoms with Crippen LogP contribution >= 0.6 is 23.4 Å². The van der Waals surface area contributed by atoms with Gasteiger partial charge < -0.3 is 21.1 Å². The summed E-state index contributed by atoms with van der Waals surface area (Å²) in [4.78, 5) is 21.6. The zero-order chi connectivity index (χ0) is 21.5. The van der Waals surface area contributed by atoms with Crippen molar-refractivity contribution in [2.45, 2.75) is 4.90 Å². The van der Waals surface area contributed by atoms with Crippen molar-refractivity contribution < 1.29 is 14.3 Å². The first kappa shape index (κ1) is 21.8. The van der Waals surface area contributed by atoms with Gasteiger partial charge in [0.25, 0.3) is 0 Å². The Morgan fingerprint density at radius 3 is 2.53 bits per heavy atom. The molecule has 30 heavy (non-hydrogen) atoms. The van der Waals surface area contributed by atoms with Crippen LogP contribution in [0.25, 0.3) is 11.4 Å². The second-order valence-electron chi connectivity index (χ2n) is 6.04. The highest BCUT2D eigenvalue weighted by molar-refractivity contribution is 7.98. The maximum atomic E-state index is 13.2. The molecule has 7 nitrogen and oxygen atoms in total. The van der Waals surface area contributed by atoms with E-state index in [0.717, 1.165) is 0 Å². The number of nitrogens with zero attached hydrogens (tertiary/aromatic N) is 2. The minimum Gasteiger partial charge on any atom is -0.395 e. The largest absolute Gasteiger partial charge is 0.395 e. The molecule has 2 amide bonds. The third-order valence-electron chi connectivity index (χ3n) is 3.92. The van der Waals surface area contributed by atoms with E-state index in [0.29, 0.717) is 45.2 Å². The average Bonchev–Trinajstić information content (AvgIpc) is 2.72. The normalized spacial score (nSPS) is 10.5. The van der Waals surface area contributed by atoms with Gasteiger partial charge in [0.2, 0.25) is 0 Å². The molecule has 0 saturated heterocycles. The lowest BCUT2D eigenvalue weighted by atomic mass is 10.2. The molecule has 3 aromatic rings. The molecule has 2 aromatic carbocycles. The number of nitrogens with one attached hydrogen (secondary N) is 3. The number of benzene rings is 2. The molecule has 1 aromatic heterocycles. The van der Waals surface area contributed by atoms with Crippen molar-refractivity contribution in [1.29, 1.82) is 0 Å². The zero-order valence-electron chi connectivity index (χ0n) is 15.9. The van der Waals surface area contributed by atoms with Gasteiger partial charge in [-0.25, -0.2) is 19.2 Å². The van der Waals surface area contributed by atoms with Crippen molar-refractivity contribution in [3.8, 4) is 11.4 Å².